The van der Waals surface area contributed by atoms with Crippen LogP contribution in [0.4, 0.5) is 5.69 Å². The third-order valence-electron chi connectivity index (χ3n) is 3.47. The number of guanidine groups is 1. The summed E-state index contributed by atoms with van der Waals surface area (Å²) in [6.45, 7) is 1.41. The van der Waals surface area contributed by atoms with Crippen molar-refractivity contribution in [2.45, 2.75) is 6.92 Å². The van der Waals surface area contributed by atoms with Crippen LogP contribution in [0.5, 0.6) is 5.75 Å². The fraction of sp³-hybridized carbons (Fsp3) is 0.0588. The SMILES string of the molecule is Cc1c(C(=O)O)ccc(OC(=O)c2ccc(N=C(N)N)cc2)c1C(N)=O. The van der Waals surface area contributed by atoms with E-state index in [9.17, 15) is 14.4 Å². The van der Waals surface area contributed by atoms with E-state index in [1.165, 1.54) is 43.3 Å². The summed E-state index contributed by atoms with van der Waals surface area (Å²) in [6.07, 6.45) is 0. The van der Waals surface area contributed by atoms with Crippen molar-refractivity contribution in [1.29, 1.82) is 0 Å². The molecule has 0 saturated carbocycles. The van der Waals surface area contributed by atoms with E-state index in [1.54, 1.807) is 0 Å². The molecule has 0 spiro atoms. The predicted molar refractivity (Wildman–Crippen MR) is 93.5 cm³/mol. The minimum atomic E-state index is -1.22. The normalized spacial score (nSPS) is 10.0. The van der Waals surface area contributed by atoms with E-state index in [4.69, 9.17) is 27.0 Å². The van der Waals surface area contributed by atoms with Crippen molar-refractivity contribution < 1.29 is 24.2 Å². The Morgan fingerprint density at radius 3 is 2.12 bits per heavy atom. The zero-order chi connectivity index (χ0) is 19.4. The number of carbonyl (C=O) groups excluding carboxylic acids is 2. The van der Waals surface area contributed by atoms with Gasteiger partial charge in [0.15, 0.2) is 5.96 Å². The Hall–Kier alpha value is -3.88. The summed E-state index contributed by atoms with van der Waals surface area (Å²) in [5.41, 5.74) is 16.3. The molecule has 0 aromatic heterocycles. The second-order valence-corrected chi connectivity index (χ2v) is 5.25. The Kier molecular flexibility index (Phi) is 5.21. The average molecular weight is 356 g/mol. The largest absolute Gasteiger partial charge is 0.478 e. The third-order valence-corrected chi connectivity index (χ3v) is 3.47. The molecule has 2 aromatic rings. The lowest BCUT2D eigenvalue weighted by molar-refractivity contribution is 0.0695. The van der Waals surface area contributed by atoms with Gasteiger partial charge in [-0.3, -0.25) is 4.79 Å². The number of benzene rings is 2. The van der Waals surface area contributed by atoms with Crippen LogP contribution < -0.4 is 21.9 Å². The highest BCUT2D eigenvalue weighted by molar-refractivity contribution is 6.02. The van der Waals surface area contributed by atoms with Gasteiger partial charge in [-0.1, -0.05) is 0 Å². The molecule has 0 bridgehead atoms. The van der Waals surface area contributed by atoms with Crippen LogP contribution >= 0.6 is 0 Å². The lowest BCUT2D eigenvalue weighted by atomic mass is 10.0. The van der Waals surface area contributed by atoms with Crippen LogP contribution in [-0.2, 0) is 0 Å². The highest BCUT2D eigenvalue weighted by atomic mass is 16.5. The number of aliphatic imine (C=N–C) groups is 1. The van der Waals surface area contributed by atoms with Gasteiger partial charge in [0, 0.05) is 0 Å². The molecule has 2 aromatic carbocycles. The van der Waals surface area contributed by atoms with Gasteiger partial charge < -0.3 is 27.0 Å². The number of hydrogen-bond donors (Lipinski definition) is 4. The number of carboxylic acids is 1. The van der Waals surface area contributed by atoms with Gasteiger partial charge in [-0.25, -0.2) is 14.6 Å². The molecule has 134 valence electrons. The summed E-state index contributed by atoms with van der Waals surface area (Å²) in [5, 5.41) is 9.12. The number of rotatable bonds is 5. The van der Waals surface area contributed by atoms with E-state index >= 15 is 0 Å². The van der Waals surface area contributed by atoms with Gasteiger partial charge in [0.2, 0.25) is 0 Å². The minimum absolute atomic E-state index is 0.110. The molecule has 0 radical (unpaired) electrons. The topological polar surface area (TPSA) is 171 Å². The number of carboxylic acid groups (broad SMARTS) is 1. The number of amides is 1. The second kappa shape index (κ2) is 7.34. The molecule has 0 aliphatic rings. The number of ether oxygens (including phenoxy) is 1. The van der Waals surface area contributed by atoms with Crippen LogP contribution in [0.3, 0.4) is 0 Å². The number of aromatic carboxylic acids is 1. The van der Waals surface area contributed by atoms with E-state index in [1.807, 2.05) is 0 Å². The lowest BCUT2D eigenvalue weighted by Crippen LogP contribution is -2.21. The quantitative estimate of drug-likeness (QED) is 0.267. The van der Waals surface area contributed by atoms with Gasteiger partial charge >= 0.3 is 11.9 Å². The van der Waals surface area contributed by atoms with Crippen molar-refractivity contribution in [3.8, 4) is 5.75 Å². The summed E-state index contributed by atoms with van der Waals surface area (Å²) in [6, 6.07) is 8.32. The molecule has 7 N–H and O–H groups in total. The van der Waals surface area contributed by atoms with Crippen molar-refractivity contribution in [1.82, 2.24) is 0 Å². The number of nitrogens with two attached hydrogens (primary N) is 3. The van der Waals surface area contributed by atoms with Crippen LogP contribution in [0, 0.1) is 6.92 Å². The lowest BCUT2D eigenvalue weighted by Gasteiger charge is -2.12. The predicted octanol–water partition coefficient (Wildman–Crippen LogP) is 0.916. The van der Waals surface area contributed by atoms with Gasteiger partial charge in [0.1, 0.15) is 5.75 Å². The molecule has 0 atom stereocenters. The van der Waals surface area contributed by atoms with E-state index < -0.39 is 17.8 Å². The van der Waals surface area contributed by atoms with E-state index in [2.05, 4.69) is 4.99 Å². The first-order chi connectivity index (χ1) is 12.2. The molecule has 0 fully saturated rings. The zero-order valence-corrected chi connectivity index (χ0v) is 13.7. The highest BCUT2D eigenvalue weighted by Gasteiger charge is 2.21. The van der Waals surface area contributed by atoms with Crippen LogP contribution in [0.1, 0.15) is 36.6 Å². The summed E-state index contributed by atoms with van der Waals surface area (Å²) >= 11 is 0. The molecule has 1 amide bonds. The number of hydrogen-bond acceptors (Lipinski definition) is 5. The van der Waals surface area contributed by atoms with Crippen molar-refractivity contribution in [2.24, 2.45) is 22.2 Å². The first kappa shape index (κ1) is 18.5. The highest BCUT2D eigenvalue weighted by Crippen LogP contribution is 2.26. The van der Waals surface area contributed by atoms with Gasteiger partial charge in [-0.2, -0.15) is 0 Å². The fourth-order valence-corrected chi connectivity index (χ4v) is 2.29. The molecule has 0 aliphatic carbocycles. The van der Waals surface area contributed by atoms with Gasteiger partial charge in [0.05, 0.1) is 22.4 Å². The maximum Gasteiger partial charge on any atom is 0.343 e. The summed E-state index contributed by atoms with van der Waals surface area (Å²) in [5.74, 6) is -3.14. The number of carbonyl (C=O) groups is 3. The minimum Gasteiger partial charge on any atom is -0.478 e. The Balaban J connectivity index is 2.34. The van der Waals surface area contributed by atoms with Gasteiger partial charge in [-0.05, 0) is 48.9 Å². The van der Waals surface area contributed by atoms with Gasteiger partial charge in [-0.15, -0.1) is 0 Å². The molecule has 9 heteroatoms. The number of primary amides is 1. The Labute approximate surface area is 148 Å². The summed E-state index contributed by atoms with van der Waals surface area (Å²) < 4.78 is 5.21. The standard InChI is InChI=1S/C17H16N4O5/c1-8-11(15(23)24)6-7-12(13(8)14(18)22)26-16(25)9-2-4-10(5-3-9)21-17(19)20/h2-7H,1H3,(H2,18,22)(H,23,24)(H4,19,20,21). The maximum absolute atomic E-state index is 12.3. The van der Waals surface area contributed by atoms with Crippen molar-refractivity contribution in [3.63, 3.8) is 0 Å². The van der Waals surface area contributed by atoms with Gasteiger partial charge in [0.25, 0.3) is 5.91 Å². The van der Waals surface area contributed by atoms with E-state index in [0.29, 0.717) is 5.69 Å². The van der Waals surface area contributed by atoms with Crippen LogP contribution in [-0.4, -0.2) is 28.9 Å². The van der Waals surface area contributed by atoms with Crippen LogP contribution in [0.25, 0.3) is 0 Å². The van der Waals surface area contributed by atoms with Crippen LogP contribution in [0.2, 0.25) is 0 Å². The molecule has 26 heavy (non-hydrogen) atoms. The molecule has 9 nitrogen and oxygen atoms in total. The monoisotopic (exact) mass is 356 g/mol. The first-order valence-electron chi connectivity index (χ1n) is 7.29. The number of nitrogens with zero attached hydrogens (tertiary/aromatic N) is 1. The second-order valence-electron chi connectivity index (χ2n) is 5.25. The van der Waals surface area contributed by atoms with Crippen molar-refractivity contribution in [2.75, 3.05) is 0 Å². The molecule has 2 rings (SSSR count). The molecule has 0 saturated heterocycles. The van der Waals surface area contributed by atoms with E-state index in [0.717, 1.165) is 0 Å². The summed E-state index contributed by atoms with van der Waals surface area (Å²) in [4.78, 5) is 39.0. The maximum atomic E-state index is 12.3. The molecule has 0 unspecified atom stereocenters. The van der Waals surface area contributed by atoms with Crippen molar-refractivity contribution >= 4 is 29.5 Å². The zero-order valence-electron chi connectivity index (χ0n) is 13.7. The molecular weight excluding hydrogens is 340 g/mol. The Morgan fingerprint density at radius 2 is 1.62 bits per heavy atom. The summed E-state index contributed by atoms with van der Waals surface area (Å²) in [7, 11) is 0. The Bertz CT molecular complexity index is 915. The Morgan fingerprint density at radius 1 is 1.00 bits per heavy atom. The van der Waals surface area contributed by atoms with E-state index in [-0.39, 0.29) is 34.0 Å². The fourth-order valence-electron chi connectivity index (χ4n) is 2.29. The van der Waals surface area contributed by atoms with Crippen LogP contribution in [0.15, 0.2) is 41.4 Å². The molecular formula is C17H16N4O5. The number of esters is 1. The molecule has 0 heterocycles. The van der Waals surface area contributed by atoms with Crippen molar-refractivity contribution in [3.05, 3.63) is 58.7 Å². The first-order valence-corrected chi connectivity index (χ1v) is 7.29. The third kappa shape index (κ3) is 3.96. The molecule has 0 aliphatic heterocycles. The smallest absolute Gasteiger partial charge is 0.343 e. The average Bonchev–Trinajstić information content (AvgIpc) is 2.54.